The molecule has 2 heterocycles. The smallest absolute Gasteiger partial charge is 0.274 e. The van der Waals surface area contributed by atoms with Crippen LogP contribution in [-0.4, -0.2) is 35.0 Å². The van der Waals surface area contributed by atoms with Gasteiger partial charge in [0.2, 0.25) is 0 Å². The van der Waals surface area contributed by atoms with Crippen LogP contribution in [0.3, 0.4) is 0 Å². The van der Waals surface area contributed by atoms with Crippen molar-refractivity contribution in [2.24, 2.45) is 0 Å². The fourth-order valence-electron chi connectivity index (χ4n) is 2.66. The molecule has 0 bridgehead atoms. The molecule has 6 heteroatoms. The molecule has 0 fully saturated rings. The van der Waals surface area contributed by atoms with E-state index in [0.29, 0.717) is 17.2 Å². The number of carbonyl (C=O) groups is 1. The molecule has 2 aromatic rings. The zero-order valence-corrected chi connectivity index (χ0v) is 12.8. The van der Waals surface area contributed by atoms with E-state index in [1.807, 2.05) is 25.1 Å². The SMILES string of the molecule is CN(C)c1ncncc1NC(=O)c1ccc2c(n1)CCCC2. The Morgan fingerprint density at radius 3 is 2.86 bits per heavy atom. The Balaban J connectivity index is 1.83. The molecule has 6 nitrogen and oxygen atoms in total. The third-order valence-electron chi connectivity index (χ3n) is 3.77. The molecule has 1 amide bonds. The first-order valence-electron chi connectivity index (χ1n) is 7.42. The van der Waals surface area contributed by atoms with Crippen molar-refractivity contribution in [3.05, 3.63) is 41.6 Å². The van der Waals surface area contributed by atoms with Crippen LogP contribution in [0.15, 0.2) is 24.7 Å². The number of carbonyl (C=O) groups excluding carboxylic acids is 1. The van der Waals surface area contributed by atoms with E-state index in [4.69, 9.17) is 0 Å². The summed E-state index contributed by atoms with van der Waals surface area (Å²) >= 11 is 0. The van der Waals surface area contributed by atoms with Crippen LogP contribution in [-0.2, 0) is 12.8 Å². The fourth-order valence-corrected chi connectivity index (χ4v) is 2.66. The maximum Gasteiger partial charge on any atom is 0.274 e. The van der Waals surface area contributed by atoms with Gasteiger partial charge in [-0.25, -0.2) is 15.0 Å². The average molecular weight is 297 g/mol. The van der Waals surface area contributed by atoms with Crippen LogP contribution in [0.5, 0.6) is 0 Å². The van der Waals surface area contributed by atoms with Crippen LogP contribution < -0.4 is 10.2 Å². The highest BCUT2D eigenvalue weighted by molar-refractivity contribution is 6.04. The first-order valence-corrected chi connectivity index (χ1v) is 7.42. The lowest BCUT2D eigenvalue weighted by molar-refractivity contribution is 0.102. The van der Waals surface area contributed by atoms with E-state index in [0.717, 1.165) is 25.0 Å². The number of aromatic nitrogens is 3. The monoisotopic (exact) mass is 297 g/mol. The number of hydrogen-bond donors (Lipinski definition) is 1. The Kier molecular flexibility index (Phi) is 4.00. The normalized spacial score (nSPS) is 13.4. The van der Waals surface area contributed by atoms with E-state index in [1.165, 1.54) is 18.3 Å². The molecule has 1 N–H and O–H groups in total. The molecule has 0 atom stereocenters. The van der Waals surface area contributed by atoms with Crippen molar-refractivity contribution < 1.29 is 4.79 Å². The first kappa shape index (κ1) is 14.4. The summed E-state index contributed by atoms with van der Waals surface area (Å²) in [5.41, 5.74) is 3.34. The molecule has 0 aliphatic heterocycles. The van der Waals surface area contributed by atoms with Gasteiger partial charge in [0.15, 0.2) is 5.82 Å². The number of aryl methyl sites for hydroxylation is 2. The fraction of sp³-hybridized carbons (Fsp3) is 0.375. The molecule has 0 aromatic carbocycles. The lowest BCUT2D eigenvalue weighted by atomic mass is 9.96. The van der Waals surface area contributed by atoms with Gasteiger partial charge < -0.3 is 10.2 Å². The second-order valence-corrected chi connectivity index (χ2v) is 5.62. The first-order chi connectivity index (χ1) is 10.6. The highest BCUT2D eigenvalue weighted by Crippen LogP contribution is 2.22. The molecule has 0 radical (unpaired) electrons. The Labute approximate surface area is 129 Å². The Morgan fingerprint density at radius 1 is 1.23 bits per heavy atom. The van der Waals surface area contributed by atoms with Gasteiger partial charge in [-0.2, -0.15) is 0 Å². The van der Waals surface area contributed by atoms with Crippen LogP contribution in [0.1, 0.15) is 34.6 Å². The number of rotatable bonds is 3. The van der Waals surface area contributed by atoms with Crippen LogP contribution in [0.4, 0.5) is 11.5 Å². The van der Waals surface area contributed by atoms with Crippen molar-refractivity contribution in [2.75, 3.05) is 24.3 Å². The summed E-state index contributed by atoms with van der Waals surface area (Å²) in [7, 11) is 3.74. The molecule has 2 aromatic heterocycles. The predicted molar refractivity (Wildman–Crippen MR) is 85.2 cm³/mol. The minimum absolute atomic E-state index is 0.230. The van der Waals surface area contributed by atoms with E-state index in [2.05, 4.69) is 20.3 Å². The molecule has 0 unspecified atom stereocenters. The summed E-state index contributed by atoms with van der Waals surface area (Å²) in [5.74, 6) is 0.438. The summed E-state index contributed by atoms with van der Waals surface area (Å²) in [5, 5.41) is 2.85. The van der Waals surface area contributed by atoms with Gasteiger partial charge >= 0.3 is 0 Å². The number of hydrogen-bond acceptors (Lipinski definition) is 5. The number of nitrogens with zero attached hydrogens (tertiary/aromatic N) is 4. The van der Waals surface area contributed by atoms with Crippen molar-refractivity contribution >= 4 is 17.4 Å². The van der Waals surface area contributed by atoms with Crippen molar-refractivity contribution in [1.82, 2.24) is 15.0 Å². The van der Waals surface area contributed by atoms with Gasteiger partial charge in [0.1, 0.15) is 17.7 Å². The average Bonchev–Trinajstić information content (AvgIpc) is 2.54. The number of pyridine rings is 1. The molecular weight excluding hydrogens is 278 g/mol. The third-order valence-corrected chi connectivity index (χ3v) is 3.77. The summed E-state index contributed by atoms with van der Waals surface area (Å²) in [6.45, 7) is 0. The second-order valence-electron chi connectivity index (χ2n) is 5.62. The van der Waals surface area contributed by atoms with Crippen molar-refractivity contribution in [2.45, 2.75) is 25.7 Å². The number of nitrogens with one attached hydrogen (secondary N) is 1. The lowest BCUT2D eigenvalue weighted by Crippen LogP contribution is -2.20. The van der Waals surface area contributed by atoms with Gasteiger partial charge in [-0.1, -0.05) is 6.07 Å². The maximum atomic E-state index is 12.4. The molecule has 0 spiro atoms. The topological polar surface area (TPSA) is 71.0 Å². The minimum atomic E-state index is -0.230. The van der Waals surface area contributed by atoms with Crippen LogP contribution in [0.2, 0.25) is 0 Å². The van der Waals surface area contributed by atoms with Crippen molar-refractivity contribution in [1.29, 1.82) is 0 Å². The Bertz CT molecular complexity index is 699. The molecule has 1 aliphatic rings. The number of amides is 1. The van der Waals surface area contributed by atoms with Gasteiger partial charge in [0.05, 0.1) is 6.20 Å². The highest BCUT2D eigenvalue weighted by atomic mass is 16.1. The van der Waals surface area contributed by atoms with Gasteiger partial charge in [-0.3, -0.25) is 4.79 Å². The molecule has 114 valence electrons. The van der Waals surface area contributed by atoms with Crippen LogP contribution >= 0.6 is 0 Å². The predicted octanol–water partition coefficient (Wildman–Crippen LogP) is 2.07. The van der Waals surface area contributed by atoms with E-state index < -0.39 is 0 Å². The van der Waals surface area contributed by atoms with Crippen LogP contribution in [0, 0.1) is 0 Å². The summed E-state index contributed by atoms with van der Waals surface area (Å²) < 4.78 is 0. The van der Waals surface area contributed by atoms with Crippen molar-refractivity contribution in [3.63, 3.8) is 0 Å². The van der Waals surface area contributed by atoms with Crippen molar-refractivity contribution in [3.8, 4) is 0 Å². The van der Waals surface area contributed by atoms with Gasteiger partial charge in [0.25, 0.3) is 5.91 Å². The standard InChI is InChI=1S/C16H19N5O/c1-21(2)15-14(9-17-10-18-15)20-16(22)13-8-7-11-5-3-4-6-12(11)19-13/h7-10H,3-6H2,1-2H3,(H,20,22). The van der Waals surface area contributed by atoms with E-state index in [1.54, 1.807) is 12.3 Å². The zero-order valence-electron chi connectivity index (χ0n) is 12.8. The van der Waals surface area contributed by atoms with E-state index in [9.17, 15) is 4.79 Å². The van der Waals surface area contributed by atoms with E-state index in [-0.39, 0.29) is 5.91 Å². The largest absolute Gasteiger partial charge is 0.361 e. The Hall–Kier alpha value is -2.50. The highest BCUT2D eigenvalue weighted by Gasteiger charge is 2.16. The van der Waals surface area contributed by atoms with Gasteiger partial charge in [-0.15, -0.1) is 0 Å². The van der Waals surface area contributed by atoms with E-state index >= 15 is 0 Å². The zero-order chi connectivity index (χ0) is 15.5. The number of fused-ring (bicyclic) bond motifs is 1. The van der Waals surface area contributed by atoms with Crippen LogP contribution in [0.25, 0.3) is 0 Å². The molecule has 0 saturated carbocycles. The van der Waals surface area contributed by atoms with Gasteiger partial charge in [0, 0.05) is 19.8 Å². The third kappa shape index (κ3) is 2.90. The summed E-state index contributed by atoms with van der Waals surface area (Å²) in [6, 6.07) is 3.81. The maximum absolute atomic E-state index is 12.4. The summed E-state index contributed by atoms with van der Waals surface area (Å²) in [6.07, 6.45) is 7.41. The molecular formula is C16H19N5O. The number of anilines is 2. The molecule has 3 rings (SSSR count). The molecule has 1 aliphatic carbocycles. The molecule has 0 saturated heterocycles. The quantitative estimate of drug-likeness (QED) is 0.939. The Morgan fingerprint density at radius 2 is 2.05 bits per heavy atom. The van der Waals surface area contributed by atoms with Gasteiger partial charge in [-0.05, 0) is 37.3 Å². The lowest BCUT2D eigenvalue weighted by Gasteiger charge is -2.17. The second kappa shape index (κ2) is 6.09. The minimum Gasteiger partial charge on any atom is -0.361 e. The summed E-state index contributed by atoms with van der Waals surface area (Å²) in [4.78, 5) is 26.9. The molecule has 22 heavy (non-hydrogen) atoms.